The van der Waals surface area contributed by atoms with E-state index in [1.165, 1.54) is 38.5 Å². The normalized spacial score (nSPS) is 37.5. The van der Waals surface area contributed by atoms with E-state index < -0.39 is 17.2 Å². The molecule has 14 atom stereocenters. The molecule has 6 fully saturated rings. The average Bonchev–Trinajstić information content (AvgIpc) is 3.22. The Kier molecular flexibility index (Phi) is 14.0. The van der Waals surface area contributed by atoms with Crippen LogP contribution in [-0.4, -0.2) is 36.0 Å². The predicted molar refractivity (Wildman–Crippen MR) is 246 cm³/mol. The molecule has 8 bridgehead atoms. The van der Waals surface area contributed by atoms with Gasteiger partial charge in [0.05, 0.1) is 35.5 Å². The van der Waals surface area contributed by atoms with Crippen LogP contribution in [-0.2, 0) is 18.1 Å². The van der Waals surface area contributed by atoms with Gasteiger partial charge in [-0.2, -0.15) is 0 Å². The van der Waals surface area contributed by atoms with Crippen LogP contribution in [0.2, 0.25) is 0 Å². The van der Waals surface area contributed by atoms with Crippen molar-refractivity contribution >= 4 is 28.8 Å². The summed E-state index contributed by atoms with van der Waals surface area (Å²) in [7, 11) is -3.79. The summed E-state index contributed by atoms with van der Waals surface area (Å²) in [5, 5.41) is 0. The number of fused-ring (bicyclic) bond motifs is 10. The Bertz CT molecular complexity index is 1710. The fourth-order valence-electron chi connectivity index (χ4n) is 13.3. The summed E-state index contributed by atoms with van der Waals surface area (Å²) >= 11 is 0. The lowest BCUT2D eigenvalue weighted by Crippen LogP contribution is -2.40. The minimum absolute atomic E-state index is 0.0119. The third-order valence-electron chi connectivity index (χ3n) is 16.8. The van der Waals surface area contributed by atoms with Gasteiger partial charge in [0.15, 0.2) is 5.78 Å². The molecule has 0 radical (unpaired) electrons. The van der Waals surface area contributed by atoms with Crippen molar-refractivity contribution < 1.29 is 36.7 Å². The van der Waals surface area contributed by atoms with E-state index in [1.807, 2.05) is 24.3 Å². The molecule has 0 N–H and O–H groups in total. The largest absolute Gasteiger partial charge is 0.426 e. The standard InChI is InChI=1S/C52H74O8P2/c1-29(2)37-19-15-33-23-34-16-20-38(30(3)4)46(26-34)58-61(57-45(37)25-33)55-43-13-9-11-41-49(43)52(54)50-42(51(41)53)12-10-14-44(50)56-62-59-47-27-35(17-21-39(47)31(5)6)24-36-18-22-40(32(7)8)48(28-36)60-62/h9-14,29-40,45-48H,15-28H2,1-8H3/t33-,34-,35-,36-,37-,38?,39-,40?,45+,46+,47+,48+,61?,62?/m0/s1. The SMILES string of the molecule is CC(C)C1CC[C@H]2C[C@@H]3CC[C@@H](C(C)C)[C@@H](C3)OP(Oc3cccc4c3C(=O)c3c(OP5O[C@@H]6C[C@@H](CCC6C(C)C)C[C@@H]6CC[C@@H](C(C)C)[C@@H](C6)O5)cccc3C4=O)O[C@@H]1C2. The molecule has 7 aliphatic rings. The van der Waals surface area contributed by atoms with Crippen LogP contribution in [0, 0.1) is 71.0 Å². The van der Waals surface area contributed by atoms with Crippen molar-refractivity contribution in [3.63, 3.8) is 0 Å². The highest BCUT2D eigenvalue weighted by Crippen LogP contribution is 2.57. The number of carbonyl (C=O) groups is 2. The van der Waals surface area contributed by atoms with Crippen molar-refractivity contribution in [3.8, 4) is 11.5 Å². The lowest BCUT2D eigenvalue weighted by molar-refractivity contribution is -0.0277. The molecule has 2 aromatic carbocycles. The van der Waals surface area contributed by atoms with Gasteiger partial charge in [-0.1, -0.05) is 79.7 Å². The molecule has 2 aromatic rings. The van der Waals surface area contributed by atoms with E-state index in [2.05, 4.69) is 55.4 Å². The Morgan fingerprint density at radius 2 is 0.742 bits per heavy atom. The molecule has 8 nitrogen and oxygen atoms in total. The molecule has 2 saturated heterocycles. The van der Waals surface area contributed by atoms with Gasteiger partial charge in [0, 0.05) is 11.1 Å². The number of hydrogen-bond acceptors (Lipinski definition) is 8. The van der Waals surface area contributed by atoms with Crippen LogP contribution in [0.5, 0.6) is 11.5 Å². The first kappa shape index (κ1) is 45.2. The van der Waals surface area contributed by atoms with Gasteiger partial charge in [0.25, 0.3) is 0 Å². The molecular formula is C52H74O8P2. The van der Waals surface area contributed by atoms with Gasteiger partial charge >= 0.3 is 17.2 Å². The highest BCUT2D eigenvalue weighted by Gasteiger charge is 2.46. The van der Waals surface area contributed by atoms with E-state index in [4.69, 9.17) is 27.1 Å². The molecule has 10 heteroatoms. The minimum atomic E-state index is -1.89. The van der Waals surface area contributed by atoms with E-state index in [0.717, 1.165) is 51.4 Å². The molecule has 5 aliphatic carbocycles. The summed E-state index contributed by atoms with van der Waals surface area (Å²) in [6.07, 6.45) is 16.1. The summed E-state index contributed by atoms with van der Waals surface area (Å²) in [6, 6.07) is 10.8. The van der Waals surface area contributed by atoms with E-state index in [9.17, 15) is 4.79 Å². The third-order valence-corrected chi connectivity index (χ3v) is 19.3. The van der Waals surface area contributed by atoms with Crippen molar-refractivity contribution in [1.29, 1.82) is 0 Å². The number of ketones is 2. The van der Waals surface area contributed by atoms with Crippen molar-refractivity contribution in [2.24, 2.45) is 71.0 Å². The lowest BCUT2D eigenvalue weighted by atomic mass is 9.68. The lowest BCUT2D eigenvalue weighted by Gasteiger charge is -2.45. The second-order valence-electron chi connectivity index (χ2n) is 22.0. The summed E-state index contributed by atoms with van der Waals surface area (Å²) in [4.78, 5) is 29.8. The van der Waals surface area contributed by atoms with Crippen molar-refractivity contribution in [2.75, 3.05) is 0 Å². The molecule has 4 unspecified atom stereocenters. The molecule has 4 saturated carbocycles. The van der Waals surface area contributed by atoms with E-state index in [1.54, 1.807) is 12.1 Å². The zero-order valence-corrected chi connectivity index (χ0v) is 40.6. The Morgan fingerprint density at radius 3 is 1.03 bits per heavy atom. The zero-order valence-electron chi connectivity index (χ0n) is 38.8. The first-order chi connectivity index (χ1) is 29.8. The maximum absolute atomic E-state index is 15.2. The molecule has 0 amide bonds. The molecular weight excluding hydrogens is 815 g/mol. The van der Waals surface area contributed by atoms with E-state index >= 15 is 4.79 Å². The Balaban J connectivity index is 1.04. The van der Waals surface area contributed by atoms with Gasteiger partial charge in [-0.15, -0.1) is 0 Å². The minimum Gasteiger partial charge on any atom is -0.426 e. The quantitative estimate of drug-likeness (QED) is 0.207. The number of benzene rings is 2. The van der Waals surface area contributed by atoms with Gasteiger partial charge in [-0.3, -0.25) is 27.7 Å². The van der Waals surface area contributed by atoms with Crippen molar-refractivity contribution in [1.82, 2.24) is 0 Å². The smallest absolute Gasteiger partial charge is 0.397 e. The van der Waals surface area contributed by atoms with E-state index in [0.29, 0.717) is 93.6 Å². The first-order valence-electron chi connectivity index (χ1n) is 24.8. The van der Waals surface area contributed by atoms with Crippen LogP contribution in [0.15, 0.2) is 36.4 Å². The maximum Gasteiger partial charge on any atom is 0.397 e. The topological polar surface area (TPSA) is 89.5 Å². The van der Waals surface area contributed by atoms with Crippen LogP contribution in [0.1, 0.15) is 177 Å². The average molecular weight is 889 g/mol. The Labute approximate surface area is 375 Å². The van der Waals surface area contributed by atoms with Gasteiger partial charge in [0.1, 0.15) is 11.5 Å². The van der Waals surface area contributed by atoms with Crippen LogP contribution in [0.4, 0.5) is 0 Å². The van der Waals surface area contributed by atoms with Crippen LogP contribution in [0.25, 0.3) is 0 Å². The monoisotopic (exact) mass is 888 g/mol. The molecule has 0 aromatic heterocycles. The molecule has 62 heavy (non-hydrogen) atoms. The third kappa shape index (κ3) is 9.37. The maximum atomic E-state index is 15.2. The van der Waals surface area contributed by atoms with Gasteiger partial charge < -0.3 is 9.05 Å². The van der Waals surface area contributed by atoms with Crippen molar-refractivity contribution in [3.05, 3.63) is 58.7 Å². The zero-order chi connectivity index (χ0) is 43.4. The number of hydrogen-bond donors (Lipinski definition) is 0. The highest BCUT2D eigenvalue weighted by atomic mass is 31.2. The molecule has 0 spiro atoms. The molecule has 2 aliphatic heterocycles. The number of carbonyl (C=O) groups excluding carboxylic acids is 2. The first-order valence-corrected chi connectivity index (χ1v) is 27.0. The van der Waals surface area contributed by atoms with Gasteiger partial charge in [-0.25, -0.2) is 0 Å². The molecule has 2 heterocycles. The van der Waals surface area contributed by atoms with E-state index in [-0.39, 0.29) is 47.1 Å². The van der Waals surface area contributed by atoms with Crippen LogP contribution >= 0.6 is 17.2 Å². The molecule has 9 rings (SSSR count). The van der Waals surface area contributed by atoms with Crippen molar-refractivity contribution in [2.45, 2.75) is 170 Å². The summed E-state index contributed by atoms with van der Waals surface area (Å²) in [5.41, 5.74) is 1.17. The van der Waals surface area contributed by atoms with Crippen LogP contribution < -0.4 is 9.05 Å². The molecule has 340 valence electrons. The summed E-state index contributed by atoms with van der Waals surface area (Å²) in [5.74, 6) is 6.20. The number of rotatable bonds is 8. The van der Waals surface area contributed by atoms with Gasteiger partial charge in [0.2, 0.25) is 5.78 Å². The summed E-state index contributed by atoms with van der Waals surface area (Å²) in [6.45, 7) is 18.4. The van der Waals surface area contributed by atoms with Crippen LogP contribution in [0.3, 0.4) is 0 Å². The van der Waals surface area contributed by atoms with Gasteiger partial charge in [-0.05, 0) is 173 Å². The predicted octanol–water partition coefficient (Wildman–Crippen LogP) is 14.3. The fraction of sp³-hybridized carbons (Fsp3) is 0.731. The summed E-state index contributed by atoms with van der Waals surface area (Å²) < 4.78 is 42.1. The highest BCUT2D eigenvalue weighted by molar-refractivity contribution is 7.42. The Hall–Kier alpha value is -1.92. The Morgan fingerprint density at radius 1 is 0.435 bits per heavy atom. The second-order valence-corrected chi connectivity index (χ2v) is 24.1. The fourth-order valence-corrected chi connectivity index (χ4v) is 16.1. The second kappa shape index (κ2) is 19.1.